The van der Waals surface area contributed by atoms with E-state index in [1.165, 1.54) is 25.7 Å². The second-order valence-electron chi connectivity index (χ2n) is 6.93. The quantitative estimate of drug-likeness (QED) is 0.840. The molecule has 0 saturated heterocycles. The number of ether oxygens (including phenoxy) is 2. The van der Waals surface area contributed by atoms with Crippen molar-refractivity contribution in [3.63, 3.8) is 0 Å². The molecule has 1 amide bonds. The summed E-state index contributed by atoms with van der Waals surface area (Å²) < 4.78 is 10.6. The number of carbonyl (C=O) groups excluding carboxylic acids is 1. The van der Waals surface area contributed by atoms with Crippen molar-refractivity contribution in [2.75, 3.05) is 20.8 Å². The topological polar surface area (TPSA) is 47.6 Å². The van der Waals surface area contributed by atoms with Gasteiger partial charge in [-0.05, 0) is 61.6 Å². The van der Waals surface area contributed by atoms with Crippen molar-refractivity contribution in [3.8, 4) is 11.5 Å². The number of carbonyl (C=O) groups is 1. The molecule has 0 aliphatic heterocycles. The molecule has 2 saturated carbocycles. The Morgan fingerprint density at radius 3 is 2.74 bits per heavy atom. The highest BCUT2D eigenvalue weighted by atomic mass is 16.5. The molecule has 0 aromatic heterocycles. The van der Waals surface area contributed by atoms with E-state index in [9.17, 15) is 4.79 Å². The van der Waals surface area contributed by atoms with E-state index in [2.05, 4.69) is 5.32 Å². The van der Waals surface area contributed by atoms with Gasteiger partial charge in [0.05, 0.1) is 20.6 Å². The Labute approximate surface area is 138 Å². The average Bonchev–Trinajstić information content (AvgIpc) is 3.17. The van der Waals surface area contributed by atoms with E-state index in [0.29, 0.717) is 6.42 Å². The Hall–Kier alpha value is -1.71. The first-order valence-corrected chi connectivity index (χ1v) is 8.67. The van der Waals surface area contributed by atoms with Crippen molar-refractivity contribution in [3.05, 3.63) is 23.8 Å². The Morgan fingerprint density at radius 1 is 1.22 bits per heavy atom. The molecule has 2 aliphatic carbocycles. The average molecular weight is 317 g/mol. The van der Waals surface area contributed by atoms with E-state index < -0.39 is 0 Å². The van der Waals surface area contributed by atoms with Crippen LogP contribution >= 0.6 is 0 Å². The highest BCUT2D eigenvalue weighted by molar-refractivity contribution is 5.79. The molecule has 3 atom stereocenters. The summed E-state index contributed by atoms with van der Waals surface area (Å²) in [6.07, 6.45) is 7.11. The summed E-state index contributed by atoms with van der Waals surface area (Å²) in [4.78, 5) is 12.2. The number of nitrogens with one attached hydrogen (secondary N) is 1. The Morgan fingerprint density at radius 2 is 2.09 bits per heavy atom. The molecule has 0 radical (unpaired) electrons. The molecule has 126 valence electrons. The largest absolute Gasteiger partial charge is 0.497 e. The lowest BCUT2D eigenvalue weighted by molar-refractivity contribution is -0.120. The molecule has 2 fully saturated rings. The van der Waals surface area contributed by atoms with Crippen LogP contribution in [0.3, 0.4) is 0 Å². The van der Waals surface area contributed by atoms with Crippen LogP contribution in [0.25, 0.3) is 0 Å². The van der Waals surface area contributed by atoms with Crippen LogP contribution in [-0.4, -0.2) is 26.7 Å². The molecule has 23 heavy (non-hydrogen) atoms. The summed E-state index contributed by atoms with van der Waals surface area (Å²) in [5.74, 6) is 4.27. The zero-order valence-corrected chi connectivity index (χ0v) is 14.1. The summed E-state index contributed by atoms with van der Waals surface area (Å²) >= 11 is 0. The van der Waals surface area contributed by atoms with E-state index >= 15 is 0 Å². The minimum atomic E-state index is 0.0553. The number of hydrogen-bond acceptors (Lipinski definition) is 3. The van der Waals surface area contributed by atoms with Gasteiger partial charge in [-0.1, -0.05) is 6.42 Å². The summed E-state index contributed by atoms with van der Waals surface area (Å²) in [5.41, 5.74) is 0.865. The summed E-state index contributed by atoms with van der Waals surface area (Å²) in [6.45, 7) is 0.791. The number of hydrogen-bond donors (Lipinski definition) is 1. The normalized spacial score (nSPS) is 25.4. The van der Waals surface area contributed by atoms with Gasteiger partial charge in [-0.3, -0.25) is 4.79 Å². The third kappa shape index (κ3) is 3.80. The maximum Gasteiger partial charge on any atom is 0.224 e. The molecule has 1 N–H and O–H groups in total. The molecule has 3 rings (SSSR count). The fraction of sp³-hybridized carbons (Fsp3) is 0.632. The summed E-state index contributed by atoms with van der Waals surface area (Å²) in [6, 6.07) is 5.56. The molecule has 2 aliphatic rings. The lowest BCUT2D eigenvalue weighted by Gasteiger charge is -2.21. The first-order valence-electron chi connectivity index (χ1n) is 8.67. The maximum absolute atomic E-state index is 12.2. The van der Waals surface area contributed by atoms with Gasteiger partial charge in [0.1, 0.15) is 11.5 Å². The van der Waals surface area contributed by atoms with E-state index in [0.717, 1.165) is 47.8 Å². The second-order valence-corrected chi connectivity index (χ2v) is 6.93. The fourth-order valence-corrected chi connectivity index (χ4v) is 4.38. The second kappa shape index (κ2) is 7.24. The highest BCUT2D eigenvalue weighted by Gasteiger charge is 2.38. The first kappa shape index (κ1) is 16.2. The standard InChI is InChI=1S/C19H27NO3/c1-22-17-5-6-18(23-2)16(11-17)12-19(21)20-8-7-15-10-13-3-4-14(15)9-13/h5-6,11,13-15H,3-4,7-10,12H2,1-2H3,(H,20,21). The minimum absolute atomic E-state index is 0.0553. The molecule has 0 heterocycles. The van der Waals surface area contributed by atoms with Crippen LogP contribution in [-0.2, 0) is 11.2 Å². The van der Waals surface area contributed by atoms with Gasteiger partial charge in [-0.2, -0.15) is 0 Å². The molecule has 4 heteroatoms. The molecule has 3 unspecified atom stereocenters. The molecule has 2 bridgehead atoms. The van der Waals surface area contributed by atoms with Gasteiger partial charge in [0, 0.05) is 12.1 Å². The van der Waals surface area contributed by atoms with Crippen LogP contribution in [0.2, 0.25) is 0 Å². The zero-order valence-electron chi connectivity index (χ0n) is 14.1. The number of rotatable bonds is 7. The van der Waals surface area contributed by atoms with Crippen molar-refractivity contribution >= 4 is 5.91 Å². The van der Waals surface area contributed by atoms with Gasteiger partial charge in [-0.15, -0.1) is 0 Å². The minimum Gasteiger partial charge on any atom is -0.497 e. The molecule has 4 nitrogen and oxygen atoms in total. The summed E-state index contributed by atoms with van der Waals surface area (Å²) in [5, 5.41) is 3.07. The smallest absolute Gasteiger partial charge is 0.224 e. The molecule has 0 spiro atoms. The SMILES string of the molecule is COc1ccc(OC)c(CC(=O)NCCC2CC3CCC2C3)c1. The Balaban J connectivity index is 1.47. The number of methoxy groups -OCH3 is 2. The molecule has 1 aromatic rings. The monoisotopic (exact) mass is 317 g/mol. The van der Waals surface area contributed by atoms with Gasteiger partial charge in [-0.25, -0.2) is 0 Å². The van der Waals surface area contributed by atoms with Crippen LogP contribution in [0, 0.1) is 17.8 Å². The van der Waals surface area contributed by atoms with Crippen LogP contribution in [0.15, 0.2) is 18.2 Å². The molecule has 1 aromatic carbocycles. The van der Waals surface area contributed by atoms with Crippen LogP contribution in [0.1, 0.15) is 37.7 Å². The van der Waals surface area contributed by atoms with Crippen molar-refractivity contribution in [1.82, 2.24) is 5.32 Å². The van der Waals surface area contributed by atoms with Gasteiger partial charge in [0.15, 0.2) is 0 Å². The van der Waals surface area contributed by atoms with Crippen LogP contribution < -0.4 is 14.8 Å². The lowest BCUT2D eigenvalue weighted by atomic mass is 9.86. The third-order valence-electron chi connectivity index (χ3n) is 5.56. The van der Waals surface area contributed by atoms with E-state index in [-0.39, 0.29) is 5.91 Å². The van der Waals surface area contributed by atoms with Gasteiger partial charge >= 0.3 is 0 Å². The summed E-state index contributed by atoms with van der Waals surface area (Å²) in [7, 11) is 3.25. The van der Waals surface area contributed by atoms with E-state index in [4.69, 9.17) is 9.47 Å². The predicted molar refractivity (Wildman–Crippen MR) is 89.8 cm³/mol. The maximum atomic E-state index is 12.2. The number of benzene rings is 1. The van der Waals surface area contributed by atoms with Crippen molar-refractivity contribution in [2.45, 2.75) is 38.5 Å². The highest BCUT2D eigenvalue weighted by Crippen LogP contribution is 2.49. The zero-order chi connectivity index (χ0) is 16.2. The van der Waals surface area contributed by atoms with Gasteiger partial charge < -0.3 is 14.8 Å². The lowest BCUT2D eigenvalue weighted by Crippen LogP contribution is -2.28. The Bertz CT molecular complexity index is 558. The number of fused-ring (bicyclic) bond motifs is 2. The molecular weight excluding hydrogens is 290 g/mol. The number of amides is 1. The predicted octanol–water partition coefficient (Wildman–Crippen LogP) is 3.19. The van der Waals surface area contributed by atoms with Crippen molar-refractivity contribution < 1.29 is 14.3 Å². The van der Waals surface area contributed by atoms with Crippen molar-refractivity contribution in [2.24, 2.45) is 17.8 Å². The Kier molecular flexibility index (Phi) is 5.09. The van der Waals surface area contributed by atoms with Crippen LogP contribution in [0.5, 0.6) is 11.5 Å². The van der Waals surface area contributed by atoms with Crippen molar-refractivity contribution in [1.29, 1.82) is 0 Å². The van der Waals surface area contributed by atoms with E-state index in [1.807, 2.05) is 18.2 Å². The van der Waals surface area contributed by atoms with Gasteiger partial charge in [0.25, 0.3) is 0 Å². The van der Waals surface area contributed by atoms with Gasteiger partial charge in [0.2, 0.25) is 5.91 Å². The fourth-order valence-electron chi connectivity index (χ4n) is 4.38. The van der Waals surface area contributed by atoms with Crippen LogP contribution in [0.4, 0.5) is 0 Å². The third-order valence-corrected chi connectivity index (χ3v) is 5.56. The van der Waals surface area contributed by atoms with E-state index in [1.54, 1.807) is 14.2 Å². The molecular formula is C19H27NO3. The first-order chi connectivity index (χ1) is 11.2.